The quantitative estimate of drug-likeness (QED) is 0.765. The zero-order valence-corrected chi connectivity index (χ0v) is 13.8. The highest BCUT2D eigenvalue weighted by Crippen LogP contribution is 2.21. The van der Waals surface area contributed by atoms with Gasteiger partial charge in [-0.05, 0) is 19.1 Å². The van der Waals surface area contributed by atoms with Crippen LogP contribution in [0.25, 0.3) is 0 Å². The standard InChI is InChI=1S/C17H21N3O4/c1-2-24-17(23)19-10-7-18(8-11-19)9-12-20-15(21)13-5-3-4-6-14(13)16(20)22/h3-6H,2,7-12H2,1H3/p+1. The minimum atomic E-state index is -0.267. The van der Waals surface area contributed by atoms with Gasteiger partial charge in [-0.2, -0.15) is 0 Å². The van der Waals surface area contributed by atoms with E-state index in [1.54, 1.807) is 36.1 Å². The van der Waals surface area contributed by atoms with Crippen molar-refractivity contribution in [1.82, 2.24) is 9.80 Å². The van der Waals surface area contributed by atoms with Gasteiger partial charge in [-0.1, -0.05) is 12.1 Å². The molecule has 0 spiro atoms. The molecule has 128 valence electrons. The summed E-state index contributed by atoms with van der Waals surface area (Å²) in [7, 11) is 0. The first kappa shape index (κ1) is 16.4. The molecule has 0 aromatic heterocycles. The molecule has 2 heterocycles. The number of carbonyl (C=O) groups is 3. The van der Waals surface area contributed by atoms with Crippen molar-refractivity contribution in [1.29, 1.82) is 0 Å². The van der Waals surface area contributed by atoms with Crippen molar-refractivity contribution in [3.8, 4) is 0 Å². The van der Waals surface area contributed by atoms with Gasteiger partial charge in [0.15, 0.2) is 0 Å². The SMILES string of the molecule is CCOC(=O)N1CC[NH+](CCN2C(=O)c3ccccc3C2=O)CC1. The van der Waals surface area contributed by atoms with E-state index in [0.717, 1.165) is 13.1 Å². The largest absolute Gasteiger partial charge is 0.450 e. The van der Waals surface area contributed by atoms with Crippen molar-refractivity contribution in [3.63, 3.8) is 0 Å². The van der Waals surface area contributed by atoms with Gasteiger partial charge in [0, 0.05) is 0 Å². The number of ether oxygens (including phenoxy) is 1. The van der Waals surface area contributed by atoms with E-state index in [0.29, 0.717) is 43.9 Å². The fraction of sp³-hybridized carbons (Fsp3) is 0.471. The van der Waals surface area contributed by atoms with Crippen molar-refractivity contribution in [2.24, 2.45) is 0 Å². The fourth-order valence-corrected chi connectivity index (χ4v) is 3.18. The Hall–Kier alpha value is -2.41. The smallest absolute Gasteiger partial charge is 0.410 e. The summed E-state index contributed by atoms with van der Waals surface area (Å²) in [4.78, 5) is 40.6. The molecule has 0 unspecified atom stereocenters. The number of rotatable bonds is 4. The number of nitrogens with one attached hydrogen (secondary N) is 1. The molecule has 0 saturated carbocycles. The molecular formula is C17H22N3O4+. The Morgan fingerprint density at radius 2 is 1.71 bits per heavy atom. The molecule has 24 heavy (non-hydrogen) atoms. The van der Waals surface area contributed by atoms with Crippen LogP contribution in [0.1, 0.15) is 27.6 Å². The van der Waals surface area contributed by atoms with E-state index in [1.807, 2.05) is 0 Å². The van der Waals surface area contributed by atoms with Gasteiger partial charge >= 0.3 is 6.09 Å². The van der Waals surface area contributed by atoms with E-state index < -0.39 is 0 Å². The number of imide groups is 1. The lowest BCUT2D eigenvalue weighted by Crippen LogP contribution is -3.15. The first-order chi connectivity index (χ1) is 11.6. The van der Waals surface area contributed by atoms with Crippen LogP contribution < -0.4 is 4.90 Å². The third kappa shape index (κ3) is 3.12. The summed E-state index contributed by atoms with van der Waals surface area (Å²) in [6.07, 6.45) is -0.267. The third-order valence-electron chi connectivity index (χ3n) is 4.56. The Morgan fingerprint density at radius 3 is 2.25 bits per heavy atom. The monoisotopic (exact) mass is 332 g/mol. The van der Waals surface area contributed by atoms with Gasteiger partial charge in [0.2, 0.25) is 0 Å². The molecule has 2 aliphatic rings. The second-order valence-electron chi connectivity index (χ2n) is 5.99. The predicted molar refractivity (Wildman–Crippen MR) is 86.0 cm³/mol. The van der Waals surface area contributed by atoms with Gasteiger partial charge in [0.1, 0.15) is 0 Å². The summed E-state index contributed by atoms with van der Waals surface area (Å²) in [5.41, 5.74) is 0.981. The van der Waals surface area contributed by atoms with E-state index in [1.165, 1.54) is 9.80 Å². The molecule has 0 bridgehead atoms. The Morgan fingerprint density at radius 1 is 1.12 bits per heavy atom. The molecule has 0 aliphatic carbocycles. The highest BCUT2D eigenvalue weighted by atomic mass is 16.6. The number of benzene rings is 1. The number of carbonyl (C=O) groups excluding carboxylic acids is 3. The fourth-order valence-electron chi connectivity index (χ4n) is 3.18. The molecule has 1 aromatic carbocycles. The first-order valence-corrected chi connectivity index (χ1v) is 8.32. The van der Waals surface area contributed by atoms with Crippen LogP contribution in [0.4, 0.5) is 4.79 Å². The van der Waals surface area contributed by atoms with E-state index >= 15 is 0 Å². The van der Waals surface area contributed by atoms with Crippen LogP contribution >= 0.6 is 0 Å². The van der Waals surface area contributed by atoms with Gasteiger partial charge in [-0.15, -0.1) is 0 Å². The number of hydrogen-bond donors (Lipinski definition) is 1. The Balaban J connectivity index is 1.51. The second kappa shape index (κ2) is 7.00. The average molecular weight is 332 g/mol. The second-order valence-corrected chi connectivity index (χ2v) is 5.99. The van der Waals surface area contributed by atoms with Crippen molar-refractivity contribution in [2.75, 3.05) is 45.9 Å². The molecule has 7 nitrogen and oxygen atoms in total. The lowest BCUT2D eigenvalue weighted by Gasteiger charge is -2.32. The Kier molecular flexibility index (Phi) is 4.80. The molecule has 1 aromatic rings. The summed E-state index contributed by atoms with van der Waals surface area (Å²) in [5.74, 6) is -0.416. The third-order valence-corrected chi connectivity index (χ3v) is 4.56. The van der Waals surface area contributed by atoms with Crippen LogP contribution in [-0.4, -0.2) is 73.6 Å². The minimum absolute atomic E-state index is 0.208. The van der Waals surface area contributed by atoms with Crippen LogP contribution in [0.2, 0.25) is 0 Å². The normalized spacial score (nSPS) is 18.0. The summed E-state index contributed by atoms with van der Waals surface area (Å²) in [6, 6.07) is 6.93. The topological polar surface area (TPSA) is 71.4 Å². The van der Waals surface area contributed by atoms with Crippen molar-refractivity contribution >= 4 is 17.9 Å². The number of quaternary nitrogens is 1. The Labute approximate surface area is 140 Å². The van der Waals surface area contributed by atoms with Crippen molar-refractivity contribution in [3.05, 3.63) is 35.4 Å². The number of amides is 3. The maximum Gasteiger partial charge on any atom is 0.410 e. The molecule has 1 fully saturated rings. The molecule has 1 saturated heterocycles. The average Bonchev–Trinajstić information content (AvgIpc) is 2.85. The van der Waals surface area contributed by atoms with Crippen molar-refractivity contribution < 1.29 is 24.0 Å². The van der Waals surface area contributed by atoms with Gasteiger partial charge in [-0.25, -0.2) is 4.79 Å². The molecule has 2 aliphatic heterocycles. The summed E-state index contributed by atoms with van der Waals surface area (Å²) >= 11 is 0. The molecule has 3 rings (SSSR count). The number of piperazine rings is 1. The zero-order valence-electron chi connectivity index (χ0n) is 13.8. The predicted octanol–water partition coefficient (Wildman–Crippen LogP) is -0.360. The van der Waals surface area contributed by atoms with E-state index in [9.17, 15) is 14.4 Å². The molecule has 0 radical (unpaired) electrons. The highest BCUT2D eigenvalue weighted by molar-refractivity contribution is 6.21. The minimum Gasteiger partial charge on any atom is -0.450 e. The van der Waals surface area contributed by atoms with Gasteiger partial charge in [0.05, 0.1) is 57.0 Å². The molecule has 3 amide bonds. The molecule has 7 heteroatoms. The lowest BCUT2D eigenvalue weighted by atomic mass is 10.1. The molecular weight excluding hydrogens is 310 g/mol. The lowest BCUT2D eigenvalue weighted by molar-refractivity contribution is -0.903. The maximum absolute atomic E-state index is 12.3. The van der Waals surface area contributed by atoms with Crippen LogP contribution in [0.5, 0.6) is 0 Å². The van der Waals surface area contributed by atoms with Crippen molar-refractivity contribution in [2.45, 2.75) is 6.92 Å². The van der Waals surface area contributed by atoms with Crippen LogP contribution in [0, 0.1) is 0 Å². The zero-order chi connectivity index (χ0) is 17.1. The van der Waals surface area contributed by atoms with E-state index in [-0.39, 0.29) is 17.9 Å². The summed E-state index contributed by atoms with van der Waals surface area (Å²) < 4.78 is 5.00. The van der Waals surface area contributed by atoms with Gasteiger partial charge in [-0.3, -0.25) is 19.4 Å². The number of hydrogen-bond acceptors (Lipinski definition) is 4. The highest BCUT2D eigenvalue weighted by Gasteiger charge is 2.35. The van der Waals surface area contributed by atoms with Crippen LogP contribution in [-0.2, 0) is 4.74 Å². The van der Waals surface area contributed by atoms with E-state index in [4.69, 9.17) is 4.74 Å². The molecule has 0 atom stereocenters. The van der Waals surface area contributed by atoms with Crippen LogP contribution in [0.15, 0.2) is 24.3 Å². The summed E-state index contributed by atoms with van der Waals surface area (Å²) in [6.45, 7) is 6.13. The van der Waals surface area contributed by atoms with Gasteiger partial charge in [0.25, 0.3) is 11.8 Å². The van der Waals surface area contributed by atoms with E-state index in [2.05, 4.69) is 0 Å². The summed E-state index contributed by atoms with van der Waals surface area (Å²) in [5, 5.41) is 0. The van der Waals surface area contributed by atoms with Gasteiger partial charge < -0.3 is 9.64 Å². The van der Waals surface area contributed by atoms with Crippen LogP contribution in [0.3, 0.4) is 0 Å². The first-order valence-electron chi connectivity index (χ1n) is 8.32. The number of fused-ring (bicyclic) bond motifs is 1. The number of nitrogens with zero attached hydrogens (tertiary/aromatic N) is 2. The molecule has 1 N–H and O–H groups in total. The Bertz CT molecular complexity index is 618. The maximum atomic E-state index is 12.3.